The van der Waals surface area contributed by atoms with Crippen molar-refractivity contribution in [3.05, 3.63) is 113 Å². The number of carbonyl (C=O) groups is 1. The van der Waals surface area contributed by atoms with Gasteiger partial charge in [-0.2, -0.15) is 23.0 Å². The van der Waals surface area contributed by atoms with Gasteiger partial charge < -0.3 is 16.0 Å². The van der Waals surface area contributed by atoms with Crippen molar-refractivity contribution in [2.45, 2.75) is 26.4 Å². The van der Waals surface area contributed by atoms with Gasteiger partial charge in [-0.3, -0.25) is 9.78 Å². The molecule has 3 aromatic heterocycles. The van der Waals surface area contributed by atoms with Gasteiger partial charge in [0.15, 0.2) is 5.82 Å². The summed E-state index contributed by atoms with van der Waals surface area (Å²) in [5.74, 6) is 1.15. The molecule has 9 nitrogen and oxygen atoms in total. The SMILES string of the molecule is Cc1cc(Nc2cc(NC(=O)c3cccc(C(F)(F)F)c3)ccc2C)n(-c2cc(NCCc3cccnc3)ncn2)n1. The monoisotopic (exact) mass is 572 g/mol. The van der Waals surface area contributed by atoms with Crippen LogP contribution >= 0.6 is 0 Å². The molecule has 0 aliphatic heterocycles. The van der Waals surface area contributed by atoms with Gasteiger partial charge in [0.1, 0.15) is 18.0 Å². The van der Waals surface area contributed by atoms with Gasteiger partial charge >= 0.3 is 6.18 Å². The Morgan fingerprint density at radius 1 is 0.976 bits per heavy atom. The molecular weight excluding hydrogens is 545 g/mol. The number of nitrogens with one attached hydrogen (secondary N) is 3. The second-order valence-electron chi connectivity index (χ2n) is 9.57. The minimum atomic E-state index is -4.54. The standard InChI is InChI=1S/C30H27F3N8O/c1-19-8-9-24(38-29(42)22-6-3-7-23(14-22)30(31,32)33)15-25(19)39-28-13-20(2)40-41(28)27-16-26(36-18-37-27)35-12-10-21-5-4-11-34-17-21/h3-9,11,13-18,39H,10,12H2,1-2H3,(H,38,42)(H,35,36,37). The van der Waals surface area contributed by atoms with Crippen molar-refractivity contribution in [2.75, 3.05) is 22.5 Å². The van der Waals surface area contributed by atoms with Gasteiger partial charge in [-0.1, -0.05) is 18.2 Å². The fourth-order valence-electron chi connectivity index (χ4n) is 4.22. The molecule has 3 heterocycles. The number of alkyl halides is 3. The molecule has 0 radical (unpaired) electrons. The largest absolute Gasteiger partial charge is 0.416 e. The first kappa shape index (κ1) is 28.3. The Morgan fingerprint density at radius 3 is 2.62 bits per heavy atom. The lowest BCUT2D eigenvalue weighted by Gasteiger charge is -2.14. The first-order valence-corrected chi connectivity index (χ1v) is 13.0. The molecule has 0 atom stereocenters. The summed E-state index contributed by atoms with van der Waals surface area (Å²) in [4.78, 5) is 25.6. The highest BCUT2D eigenvalue weighted by molar-refractivity contribution is 6.04. The average Bonchev–Trinajstić information content (AvgIpc) is 3.35. The number of amides is 1. The summed E-state index contributed by atoms with van der Waals surface area (Å²) < 4.78 is 40.9. The summed E-state index contributed by atoms with van der Waals surface area (Å²) in [6.45, 7) is 4.40. The number of carbonyl (C=O) groups excluding carboxylic acids is 1. The number of nitrogens with zero attached hydrogens (tertiary/aromatic N) is 5. The predicted molar refractivity (Wildman–Crippen MR) is 154 cm³/mol. The van der Waals surface area contributed by atoms with E-state index in [9.17, 15) is 18.0 Å². The molecule has 0 spiro atoms. The summed E-state index contributed by atoms with van der Waals surface area (Å²) in [6, 6.07) is 17.0. The number of pyridine rings is 1. The molecule has 0 fully saturated rings. The maximum Gasteiger partial charge on any atom is 0.416 e. The third-order valence-corrected chi connectivity index (χ3v) is 6.35. The third kappa shape index (κ3) is 6.89. The van der Waals surface area contributed by atoms with Crippen LogP contribution in [0.1, 0.15) is 32.7 Å². The molecule has 42 heavy (non-hydrogen) atoms. The van der Waals surface area contributed by atoms with Crippen LogP contribution in [-0.2, 0) is 12.6 Å². The summed E-state index contributed by atoms with van der Waals surface area (Å²) in [5.41, 5.74) is 2.82. The number of aromatic nitrogens is 5. The quantitative estimate of drug-likeness (QED) is 0.189. The molecule has 0 unspecified atom stereocenters. The number of hydrogen-bond acceptors (Lipinski definition) is 7. The number of anilines is 4. The van der Waals surface area contributed by atoms with Crippen molar-refractivity contribution >= 4 is 28.9 Å². The molecule has 0 saturated carbocycles. The molecule has 12 heteroatoms. The third-order valence-electron chi connectivity index (χ3n) is 6.35. The van der Waals surface area contributed by atoms with E-state index in [0.717, 1.165) is 35.4 Å². The van der Waals surface area contributed by atoms with Crippen molar-refractivity contribution in [3.8, 4) is 5.82 Å². The van der Waals surface area contributed by atoms with E-state index in [4.69, 9.17) is 0 Å². The first-order valence-electron chi connectivity index (χ1n) is 13.0. The van der Waals surface area contributed by atoms with Crippen LogP contribution in [0.5, 0.6) is 0 Å². The van der Waals surface area contributed by atoms with Crippen molar-refractivity contribution in [1.29, 1.82) is 0 Å². The van der Waals surface area contributed by atoms with E-state index < -0.39 is 17.6 Å². The lowest BCUT2D eigenvalue weighted by molar-refractivity contribution is -0.137. The van der Waals surface area contributed by atoms with E-state index in [0.29, 0.717) is 35.4 Å². The van der Waals surface area contributed by atoms with Gasteiger partial charge in [0.05, 0.1) is 11.3 Å². The van der Waals surface area contributed by atoms with Crippen molar-refractivity contribution in [1.82, 2.24) is 24.7 Å². The van der Waals surface area contributed by atoms with Gasteiger partial charge in [0, 0.05) is 48.0 Å². The van der Waals surface area contributed by atoms with Crippen LogP contribution in [0.4, 0.5) is 36.2 Å². The fraction of sp³-hybridized carbons (Fsp3) is 0.167. The Morgan fingerprint density at radius 2 is 1.83 bits per heavy atom. The first-order chi connectivity index (χ1) is 20.2. The molecule has 3 N–H and O–H groups in total. The highest BCUT2D eigenvalue weighted by atomic mass is 19.4. The van der Waals surface area contributed by atoms with E-state index in [1.54, 1.807) is 35.1 Å². The van der Waals surface area contributed by atoms with Crippen LogP contribution in [0, 0.1) is 13.8 Å². The maximum atomic E-state index is 13.1. The molecule has 214 valence electrons. The summed E-state index contributed by atoms with van der Waals surface area (Å²) >= 11 is 0. The van der Waals surface area contributed by atoms with Gasteiger partial charge in [-0.15, -0.1) is 0 Å². The van der Waals surface area contributed by atoms with Crippen LogP contribution in [0.15, 0.2) is 85.5 Å². The Labute approximate surface area is 239 Å². The minimum absolute atomic E-state index is 0.0952. The second-order valence-corrected chi connectivity index (χ2v) is 9.57. The van der Waals surface area contributed by atoms with Crippen molar-refractivity contribution in [3.63, 3.8) is 0 Å². The van der Waals surface area contributed by atoms with Gasteiger partial charge in [0.25, 0.3) is 5.91 Å². The molecule has 1 amide bonds. The molecule has 0 aliphatic carbocycles. The van der Waals surface area contributed by atoms with Crippen LogP contribution in [0.25, 0.3) is 5.82 Å². The molecule has 0 saturated heterocycles. The van der Waals surface area contributed by atoms with Gasteiger partial charge in [-0.25, -0.2) is 9.97 Å². The molecular formula is C30H27F3N8O. The van der Waals surface area contributed by atoms with Gasteiger partial charge in [-0.05, 0) is 67.8 Å². The fourth-order valence-corrected chi connectivity index (χ4v) is 4.22. The number of hydrogen-bond donors (Lipinski definition) is 3. The normalized spacial score (nSPS) is 11.3. The Hall–Kier alpha value is -5.26. The second kappa shape index (κ2) is 12.1. The summed E-state index contributed by atoms with van der Waals surface area (Å²) in [6.07, 6.45) is 1.25. The lowest BCUT2D eigenvalue weighted by atomic mass is 10.1. The molecule has 0 aliphatic rings. The molecule has 0 bridgehead atoms. The number of aryl methyl sites for hydroxylation is 2. The zero-order valence-corrected chi connectivity index (χ0v) is 22.8. The van der Waals surface area contributed by atoms with Crippen LogP contribution < -0.4 is 16.0 Å². The smallest absolute Gasteiger partial charge is 0.370 e. The average molecular weight is 573 g/mol. The number of halogens is 3. The Bertz CT molecular complexity index is 1700. The summed E-state index contributed by atoms with van der Waals surface area (Å²) in [7, 11) is 0. The minimum Gasteiger partial charge on any atom is -0.370 e. The molecule has 2 aromatic carbocycles. The van der Waals surface area contributed by atoms with Crippen molar-refractivity contribution in [2.24, 2.45) is 0 Å². The zero-order valence-electron chi connectivity index (χ0n) is 22.8. The van der Waals surface area contributed by atoms with E-state index in [-0.39, 0.29) is 5.56 Å². The van der Waals surface area contributed by atoms with Crippen LogP contribution in [0.2, 0.25) is 0 Å². The van der Waals surface area contributed by atoms with Crippen molar-refractivity contribution < 1.29 is 18.0 Å². The predicted octanol–water partition coefficient (Wildman–Crippen LogP) is 6.34. The molecule has 5 aromatic rings. The number of rotatable bonds is 9. The summed E-state index contributed by atoms with van der Waals surface area (Å²) in [5, 5.41) is 13.9. The highest BCUT2D eigenvalue weighted by Crippen LogP contribution is 2.30. The van der Waals surface area contributed by atoms with Gasteiger partial charge in [0.2, 0.25) is 0 Å². The van der Waals surface area contributed by atoms with Crippen LogP contribution in [0.3, 0.4) is 0 Å². The Kier molecular flexibility index (Phi) is 8.14. The van der Waals surface area contributed by atoms with Crippen LogP contribution in [-0.4, -0.2) is 37.2 Å². The molecule has 5 rings (SSSR count). The van der Waals surface area contributed by atoms with E-state index in [1.165, 1.54) is 18.5 Å². The maximum absolute atomic E-state index is 13.1. The van der Waals surface area contributed by atoms with E-state index >= 15 is 0 Å². The number of benzene rings is 2. The Balaban J connectivity index is 1.32. The highest BCUT2D eigenvalue weighted by Gasteiger charge is 2.31. The van der Waals surface area contributed by atoms with E-state index in [2.05, 4.69) is 36.0 Å². The van der Waals surface area contributed by atoms with E-state index in [1.807, 2.05) is 38.2 Å². The topological polar surface area (TPSA) is 110 Å². The zero-order chi connectivity index (χ0) is 29.7. The lowest BCUT2D eigenvalue weighted by Crippen LogP contribution is -2.14.